The average Bonchev–Trinajstić information content (AvgIpc) is 3.20. The summed E-state index contributed by atoms with van der Waals surface area (Å²) in [6, 6.07) is 12.0. The maximum atomic E-state index is 12.8. The number of amides is 1. The van der Waals surface area contributed by atoms with Gasteiger partial charge in [-0.05, 0) is 35.9 Å². The second kappa shape index (κ2) is 10.2. The fourth-order valence-corrected chi connectivity index (χ4v) is 3.74. The zero-order chi connectivity index (χ0) is 23.4. The van der Waals surface area contributed by atoms with Gasteiger partial charge in [-0.2, -0.15) is 5.10 Å². The molecule has 2 aromatic heterocycles. The van der Waals surface area contributed by atoms with Crippen LogP contribution in [0.3, 0.4) is 0 Å². The summed E-state index contributed by atoms with van der Waals surface area (Å²) in [4.78, 5) is 29.3. The lowest BCUT2D eigenvalue weighted by Crippen LogP contribution is -2.32. The Morgan fingerprint density at radius 2 is 1.82 bits per heavy atom. The van der Waals surface area contributed by atoms with Crippen LogP contribution in [0.25, 0.3) is 11.0 Å². The first-order valence-corrected chi connectivity index (χ1v) is 11.0. The Bertz CT molecular complexity index is 1350. The van der Waals surface area contributed by atoms with E-state index < -0.39 is 0 Å². The molecule has 2 aromatic carbocycles. The van der Waals surface area contributed by atoms with Gasteiger partial charge in [-0.15, -0.1) is 0 Å². The summed E-state index contributed by atoms with van der Waals surface area (Å²) >= 11 is 17.8. The molecule has 0 aliphatic heterocycles. The third kappa shape index (κ3) is 5.65. The normalized spacial score (nSPS) is 11.0. The van der Waals surface area contributed by atoms with Gasteiger partial charge in [0.2, 0.25) is 0 Å². The Kier molecular flexibility index (Phi) is 7.17. The van der Waals surface area contributed by atoms with Gasteiger partial charge in [-0.1, -0.05) is 46.9 Å². The van der Waals surface area contributed by atoms with Crippen molar-refractivity contribution in [1.29, 1.82) is 0 Å². The predicted octanol–water partition coefficient (Wildman–Crippen LogP) is 3.80. The lowest BCUT2D eigenvalue weighted by molar-refractivity contribution is -0.123. The van der Waals surface area contributed by atoms with E-state index in [-0.39, 0.29) is 24.6 Å². The third-order valence-corrected chi connectivity index (χ3v) is 5.57. The molecule has 1 N–H and O–H groups in total. The fraction of sp³-hybridized carbons (Fsp3) is 0.182. The van der Waals surface area contributed by atoms with Crippen molar-refractivity contribution in [3.05, 3.63) is 86.0 Å². The molecule has 4 aromatic rings. The zero-order valence-corrected chi connectivity index (χ0v) is 19.4. The SMILES string of the molecule is O=C(COc1ccc(Cl)cc1Cl)NCCn1ncc2c(=O)n(Cc3ccc(Cl)cc3)cnc21. The second-order valence-corrected chi connectivity index (χ2v) is 8.40. The number of aromatic nitrogens is 4. The highest BCUT2D eigenvalue weighted by Gasteiger charge is 2.11. The van der Waals surface area contributed by atoms with Gasteiger partial charge < -0.3 is 10.1 Å². The van der Waals surface area contributed by atoms with Gasteiger partial charge in [0.1, 0.15) is 17.5 Å². The molecule has 0 spiro atoms. The van der Waals surface area contributed by atoms with Crippen LogP contribution in [-0.4, -0.2) is 38.4 Å². The summed E-state index contributed by atoms with van der Waals surface area (Å²) in [6.45, 7) is 0.792. The molecule has 0 aliphatic carbocycles. The number of nitrogens with zero attached hydrogens (tertiary/aromatic N) is 4. The molecule has 0 bridgehead atoms. The summed E-state index contributed by atoms with van der Waals surface area (Å²) < 4.78 is 8.49. The first-order valence-electron chi connectivity index (χ1n) is 9.90. The van der Waals surface area contributed by atoms with E-state index in [1.165, 1.54) is 23.2 Å². The minimum atomic E-state index is -0.323. The predicted molar refractivity (Wildman–Crippen MR) is 127 cm³/mol. The van der Waals surface area contributed by atoms with Gasteiger partial charge in [0, 0.05) is 16.6 Å². The summed E-state index contributed by atoms with van der Waals surface area (Å²) in [7, 11) is 0. The Labute approximate surface area is 203 Å². The summed E-state index contributed by atoms with van der Waals surface area (Å²) in [5.74, 6) is 0.0455. The van der Waals surface area contributed by atoms with Crippen LogP contribution in [0.2, 0.25) is 15.1 Å². The van der Waals surface area contributed by atoms with Gasteiger partial charge in [0.25, 0.3) is 11.5 Å². The number of carbonyl (C=O) groups excluding carboxylic acids is 1. The lowest BCUT2D eigenvalue weighted by atomic mass is 10.2. The highest BCUT2D eigenvalue weighted by Crippen LogP contribution is 2.27. The number of fused-ring (bicyclic) bond motifs is 1. The van der Waals surface area contributed by atoms with Crippen molar-refractivity contribution in [2.45, 2.75) is 13.1 Å². The number of hydrogen-bond donors (Lipinski definition) is 1. The molecule has 0 aliphatic rings. The molecular formula is C22H18Cl3N5O3. The summed E-state index contributed by atoms with van der Waals surface area (Å²) in [5, 5.41) is 8.81. The topological polar surface area (TPSA) is 91.0 Å². The van der Waals surface area contributed by atoms with Crippen LogP contribution in [0.5, 0.6) is 5.75 Å². The summed E-state index contributed by atoms with van der Waals surface area (Å²) in [5.41, 5.74) is 1.18. The molecule has 0 atom stereocenters. The smallest absolute Gasteiger partial charge is 0.264 e. The van der Waals surface area contributed by atoms with Crippen molar-refractivity contribution < 1.29 is 9.53 Å². The number of carbonyl (C=O) groups is 1. The third-order valence-electron chi connectivity index (χ3n) is 4.79. The molecule has 11 heteroatoms. The molecule has 2 heterocycles. The molecule has 0 fully saturated rings. The van der Waals surface area contributed by atoms with E-state index in [4.69, 9.17) is 39.5 Å². The second-order valence-electron chi connectivity index (χ2n) is 7.12. The van der Waals surface area contributed by atoms with Crippen LogP contribution in [0.4, 0.5) is 0 Å². The molecule has 0 saturated heterocycles. The Morgan fingerprint density at radius 3 is 2.58 bits per heavy atom. The van der Waals surface area contributed by atoms with Crippen molar-refractivity contribution >= 4 is 51.7 Å². The number of hydrogen-bond acceptors (Lipinski definition) is 5. The summed E-state index contributed by atoms with van der Waals surface area (Å²) in [6.07, 6.45) is 2.97. The highest BCUT2D eigenvalue weighted by molar-refractivity contribution is 6.35. The van der Waals surface area contributed by atoms with E-state index in [0.717, 1.165) is 5.56 Å². The minimum absolute atomic E-state index is 0.196. The quantitative estimate of drug-likeness (QED) is 0.393. The number of rotatable bonds is 8. The molecule has 170 valence electrons. The highest BCUT2D eigenvalue weighted by atomic mass is 35.5. The first-order chi connectivity index (χ1) is 15.9. The van der Waals surface area contributed by atoms with Crippen LogP contribution >= 0.6 is 34.8 Å². The van der Waals surface area contributed by atoms with Crippen molar-refractivity contribution in [3.63, 3.8) is 0 Å². The van der Waals surface area contributed by atoms with Crippen LogP contribution in [0.15, 0.2) is 59.8 Å². The van der Waals surface area contributed by atoms with Crippen molar-refractivity contribution in [3.8, 4) is 5.75 Å². The molecule has 4 rings (SSSR count). The van der Waals surface area contributed by atoms with Crippen molar-refractivity contribution in [1.82, 2.24) is 24.6 Å². The molecule has 0 saturated carbocycles. The van der Waals surface area contributed by atoms with Gasteiger partial charge in [0.05, 0.1) is 24.3 Å². The lowest BCUT2D eigenvalue weighted by Gasteiger charge is -2.09. The first kappa shape index (κ1) is 23.1. The van der Waals surface area contributed by atoms with E-state index in [1.54, 1.807) is 28.9 Å². The van der Waals surface area contributed by atoms with E-state index in [9.17, 15) is 9.59 Å². The zero-order valence-electron chi connectivity index (χ0n) is 17.2. The van der Waals surface area contributed by atoms with Crippen LogP contribution in [-0.2, 0) is 17.9 Å². The standard InChI is InChI=1S/C22H18Cl3N5O3/c23-15-3-1-14(2-4-15)11-29-13-27-21-17(22(29)32)10-28-30(21)8-7-26-20(31)12-33-19-6-5-16(24)9-18(19)25/h1-6,9-10,13H,7-8,11-12H2,(H,26,31). The van der Waals surface area contributed by atoms with Gasteiger partial charge >= 0.3 is 0 Å². The maximum Gasteiger partial charge on any atom is 0.264 e. The molecule has 1 amide bonds. The molecule has 33 heavy (non-hydrogen) atoms. The van der Waals surface area contributed by atoms with E-state index in [2.05, 4.69) is 15.4 Å². The fourth-order valence-electron chi connectivity index (χ4n) is 3.15. The van der Waals surface area contributed by atoms with Crippen molar-refractivity contribution in [2.24, 2.45) is 0 Å². The van der Waals surface area contributed by atoms with E-state index >= 15 is 0 Å². The van der Waals surface area contributed by atoms with Crippen LogP contribution in [0.1, 0.15) is 5.56 Å². The Balaban J connectivity index is 1.34. The van der Waals surface area contributed by atoms with Crippen LogP contribution < -0.4 is 15.6 Å². The minimum Gasteiger partial charge on any atom is -0.482 e. The van der Waals surface area contributed by atoms with E-state index in [0.29, 0.717) is 44.9 Å². The molecular weight excluding hydrogens is 489 g/mol. The largest absolute Gasteiger partial charge is 0.482 e. The molecule has 0 radical (unpaired) electrons. The molecule has 0 unspecified atom stereocenters. The van der Waals surface area contributed by atoms with Crippen molar-refractivity contribution in [2.75, 3.05) is 13.2 Å². The van der Waals surface area contributed by atoms with Crippen LogP contribution in [0, 0.1) is 0 Å². The van der Waals surface area contributed by atoms with E-state index in [1.807, 2.05) is 12.1 Å². The number of benzene rings is 2. The number of ether oxygens (including phenoxy) is 1. The number of nitrogens with one attached hydrogen (secondary N) is 1. The number of halogens is 3. The molecule has 8 nitrogen and oxygen atoms in total. The Morgan fingerprint density at radius 1 is 1.06 bits per heavy atom. The monoisotopic (exact) mass is 505 g/mol. The average molecular weight is 507 g/mol. The maximum absolute atomic E-state index is 12.8. The van der Waals surface area contributed by atoms with Gasteiger partial charge in [-0.25, -0.2) is 9.67 Å². The Hall–Kier alpha value is -3.07. The van der Waals surface area contributed by atoms with Gasteiger partial charge in [0.15, 0.2) is 12.3 Å². The van der Waals surface area contributed by atoms with Gasteiger partial charge in [-0.3, -0.25) is 14.2 Å².